The molecule has 190 valence electrons. The molecule has 0 fully saturated rings. The van der Waals surface area contributed by atoms with Gasteiger partial charge in [-0.15, -0.1) is 13.2 Å². The molecule has 0 aliphatic carbocycles. The highest BCUT2D eigenvalue weighted by molar-refractivity contribution is 5.92. The Morgan fingerprint density at radius 2 is 1.72 bits per heavy atom. The number of alkyl halides is 3. The van der Waals surface area contributed by atoms with Crippen LogP contribution >= 0.6 is 0 Å². The van der Waals surface area contributed by atoms with Gasteiger partial charge in [-0.25, -0.2) is 4.79 Å². The number of carbonyl (C=O) groups is 2. The third kappa shape index (κ3) is 5.26. The molecule has 0 saturated carbocycles. The lowest BCUT2D eigenvalue weighted by molar-refractivity contribution is -0.274. The molecule has 1 aromatic carbocycles. The number of fused-ring (bicyclic) bond motifs is 2. The molecule has 2 aliphatic rings. The maximum absolute atomic E-state index is 13.0. The molecule has 14 heteroatoms. The number of hydrogen-bond donors (Lipinski definition) is 1. The summed E-state index contributed by atoms with van der Waals surface area (Å²) in [6, 6.07) is 6.87. The Morgan fingerprint density at radius 1 is 0.972 bits per heavy atom. The fraction of sp³-hybridized carbons (Fsp3) is 0.409. The van der Waals surface area contributed by atoms with Gasteiger partial charge < -0.3 is 19.3 Å². The largest absolute Gasteiger partial charge is 0.573 e. The number of aromatic amines is 1. The molecule has 1 N–H and O–H groups in total. The van der Waals surface area contributed by atoms with Crippen molar-refractivity contribution in [1.29, 1.82) is 0 Å². The topological polar surface area (TPSA) is 118 Å². The second-order valence-electron chi connectivity index (χ2n) is 8.42. The van der Waals surface area contributed by atoms with Crippen molar-refractivity contribution in [2.45, 2.75) is 38.9 Å². The van der Waals surface area contributed by atoms with Gasteiger partial charge in [-0.2, -0.15) is 20.5 Å². The summed E-state index contributed by atoms with van der Waals surface area (Å²) in [6.45, 7) is 1.94. The first kappa shape index (κ1) is 23.6. The van der Waals surface area contributed by atoms with Crippen LogP contribution in [0.15, 0.2) is 30.3 Å². The van der Waals surface area contributed by atoms with Gasteiger partial charge in [0.05, 0.1) is 18.8 Å². The lowest BCUT2D eigenvalue weighted by Gasteiger charge is -2.24. The van der Waals surface area contributed by atoms with E-state index in [0.29, 0.717) is 56.8 Å². The van der Waals surface area contributed by atoms with Crippen LogP contribution in [-0.4, -0.2) is 73.0 Å². The number of nitrogens with zero attached hydrogens (tertiary/aromatic N) is 6. The Kier molecular flexibility index (Phi) is 6.24. The van der Waals surface area contributed by atoms with E-state index in [4.69, 9.17) is 4.74 Å². The van der Waals surface area contributed by atoms with Crippen LogP contribution in [0, 0.1) is 0 Å². The van der Waals surface area contributed by atoms with Crippen LogP contribution in [0.25, 0.3) is 0 Å². The molecule has 2 aromatic heterocycles. The van der Waals surface area contributed by atoms with Crippen LogP contribution in [0.1, 0.15) is 33.1 Å². The van der Waals surface area contributed by atoms with Crippen molar-refractivity contribution in [3.05, 3.63) is 58.7 Å². The molecular weight excluding hydrogens is 483 g/mol. The van der Waals surface area contributed by atoms with E-state index in [0.717, 1.165) is 29.2 Å². The van der Waals surface area contributed by atoms with E-state index >= 15 is 0 Å². The molecule has 0 atom stereocenters. The number of rotatable bonds is 4. The van der Waals surface area contributed by atoms with Crippen molar-refractivity contribution in [1.82, 2.24) is 35.0 Å². The minimum absolute atomic E-state index is 0.0894. The van der Waals surface area contributed by atoms with Crippen LogP contribution in [-0.2, 0) is 37.3 Å². The van der Waals surface area contributed by atoms with E-state index in [1.54, 1.807) is 15.6 Å². The maximum Gasteiger partial charge on any atom is 0.573 e. The van der Waals surface area contributed by atoms with Crippen LogP contribution in [0.2, 0.25) is 0 Å². The molecule has 0 unspecified atom stereocenters. The monoisotopic (exact) mass is 505 g/mol. The smallest absolute Gasteiger partial charge is 0.445 e. The molecule has 36 heavy (non-hydrogen) atoms. The predicted molar refractivity (Wildman–Crippen MR) is 116 cm³/mol. The van der Waals surface area contributed by atoms with Gasteiger partial charge >= 0.3 is 12.5 Å². The second-order valence-corrected chi connectivity index (χ2v) is 8.42. The standard InChI is InChI=1S/C22H22F3N7O4/c23-22(24,25)36-16-3-1-14(2-4-16)13-35-21(34)30-7-5-15-11-18(28-32(15)10-9-30)20(33)31-8-6-17-19(12-31)27-29-26-17/h1-4,11H,5-10,12-13H2,(H,26,27,29). The zero-order valence-corrected chi connectivity index (χ0v) is 19.0. The highest BCUT2D eigenvalue weighted by Gasteiger charge is 2.31. The Labute approximate surface area is 202 Å². The summed E-state index contributed by atoms with van der Waals surface area (Å²) >= 11 is 0. The molecule has 2 amide bonds. The summed E-state index contributed by atoms with van der Waals surface area (Å²) in [6.07, 6.45) is -4.18. The number of ether oxygens (including phenoxy) is 2. The van der Waals surface area contributed by atoms with Crippen molar-refractivity contribution in [3.8, 4) is 5.75 Å². The third-order valence-corrected chi connectivity index (χ3v) is 6.03. The summed E-state index contributed by atoms with van der Waals surface area (Å²) in [5.74, 6) is -0.521. The van der Waals surface area contributed by atoms with Gasteiger partial charge in [0.15, 0.2) is 5.69 Å². The highest BCUT2D eigenvalue weighted by atomic mass is 19.4. The van der Waals surface area contributed by atoms with E-state index in [1.807, 2.05) is 0 Å². The Bertz CT molecular complexity index is 1230. The van der Waals surface area contributed by atoms with E-state index < -0.39 is 12.5 Å². The number of nitrogens with one attached hydrogen (secondary N) is 1. The second kappa shape index (κ2) is 9.51. The van der Waals surface area contributed by atoms with Crippen LogP contribution < -0.4 is 4.74 Å². The van der Waals surface area contributed by atoms with Crippen molar-refractivity contribution >= 4 is 12.0 Å². The Hall–Kier alpha value is -4.10. The fourth-order valence-corrected chi connectivity index (χ4v) is 4.18. The Balaban J connectivity index is 1.13. The molecule has 0 saturated heterocycles. The van der Waals surface area contributed by atoms with Gasteiger partial charge in [0.1, 0.15) is 18.1 Å². The number of carbonyl (C=O) groups excluding carboxylic acids is 2. The van der Waals surface area contributed by atoms with E-state index in [-0.39, 0.29) is 18.3 Å². The van der Waals surface area contributed by atoms with Gasteiger partial charge in [0, 0.05) is 38.2 Å². The highest BCUT2D eigenvalue weighted by Crippen LogP contribution is 2.23. The molecule has 3 aromatic rings. The van der Waals surface area contributed by atoms with Crippen molar-refractivity contribution < 1.29 is 32.2 Å². The lowest BCUT2D eigenvalue weighted by Crippen LogP contribution is -2.36. The number of hydrogen-bond acceptors (Lipinski definition) is 7. The van der Waals surface area contributed by atoms with Gasteiger partial charge in [-0.3, -0.25) is 9.48 Å². The van der Waals surface area contributed by atoms with Crippen LogP contribution in [0.3, 0.4) is 0 Å². The molecule has 0 radical (unpaired) electrons. The van der Waals surface area contributed by atoms with Gasteiger partial charge in [0.2, 0.25) is 0 Å². The molecule has 0 spiro atoms. The average molecular weight is 505 g/mol. The summed E-state index contributed by atoms with van der Waals surface area (Å²) < 4.78 is 47.7. The summed E-state index contributed by atoms with van der Waals surface area (Å²) in [5, 5.41) is 15.2. The minimum Gasteiger partial charge on any atom is -0.445 e. The summed E-state index contributed by atoms with van der Waals surface area (Å²) in [5.41, 5.74) is 3.35. The normalized spacial score (nSPS) is 15.6. The minimum atomic E-state index is -4.77. The molecule has 11 nitrogen and oxygen atoms in total. The van der Waals surface area contributed by atoms with E-state index in [9.17, 15) is 22.8 Å². The fourth-order valence-electron chi connectivity index (χ4n) is 4.18. The summed E-state index contributed by atoms with van der Waals surface area (Å²) in [4.78, 5) is 28.7. The van der Waals surface area contributed by atoms with Gasteiger partial charge in [0.25, 0.3) is 5.91 Å². The summed E-state index contributed by atoms with van der Waals surface area (Å²) in [7, 11) is 0. The SMILES string of the molecule is O=C(OCc1ccc(OC(F)(F)F)cc1)N1CCc2cc(C(=O)N3CCc4n[nH]nc4C3)nn2CC1. The first-order valence-corrected chi connectivity index (χ1v) is 11.3. The van der Waals surface area contributed by atoms with Gasteiger partial charge in [-0.05, 0) is 23.8 Å². The number of H-pyrrole nitrogens is 1. The van der Waals surface area contributed by atoms with Crippen LogP contribution in [0.5, 0.6) is 5.75 Å². The molecule has 0 bridgehead atoms. The number of amides is 2. The van der Waals surface area contributed by atoms with Crippen molar-refractivity contribution in [3.63, 3.8) is 0 Å². The maximum atomic E-state index is 13.0. The molecule has 5 rings (SSSR count). The first-order valence-electron chi connectivity index (χ1n) is 11.3. The zero-order valence-electron chi connectivity index (χ0n) is 19.0. The Morgan fingerprint density at radius 3 is 2.50 bits per heavy atom. The quantitative estimate of drug-likeness (QED) is 0.578. The van der Waals surface area contributed by atoms with Crippen LogP contribution in [0.4, 0.5) is 18.0 Å². The number of aromatic nitrogens is 5. The molecular formula is C22H22F3N7O4. The lowest BCUT2D eigenvalue weighted by atomic mass is 10.1. The third-order valence-electron chi connectivity index (χ3n) is 6.03. The zero-order chi connectivity index (χ0) is 25.3. The van der Waals surface area contributed by atoms with Crippen molar-refractivity contribution in [2.75, 3.05) is 19.6 Å². The number of halogens is 3. The van der Waals surface area contributed by atoms with E-state index in [1.165, 1.54) is 17.0 Å². The average Bonchev–Trinajstić information content (AvgIpc) is 3.44. The predicted octanol–water partition coefficient (Wildman–Crippen LogP) is 2.29. The first-order chi connectivity index (χ1) is 17.2. The molecule has 2 aliphatic heterocycles. The van der Waals surface area contributed by atoms with Gasteiger partial charge in [-0.1, -0.05) is 12.1 Å². The van der Waals surface area contributed by atoms with E-state index in [2.05, 4.69) is 25.2 Å². The number of benzene rings is 1. The van der Waals surface area contributed by atoms with Crippen molar-refractivity contribution in [2.24, 2.45) is 0 Å². The molecule has 4 heterocycles.